The van der Waals surface area contributed by atoms with Gasteiger partial charge in [0, 0.05) is 0 Å². The van der Waals surface area contributed by atoms with Crippen molar-refractivity contribution in [3.8, 4) is 0 Å². The quantitative estimate of drug-likeness (QED) is 0.723. The van der Waals surface area contributed by atoms with E-state index >= 15 is 0 Å². The van der Waals surface area contributed by atoms with Gasteiger partial charge in [-0.05, 0) is 0 Å². The van der Waals surface area contributed by atoms with E-state index in [2.05, 4.69) is 3.50 Å². The molecule has 0 aliphatic heterocycles. The van der Waals surface area contributed by atoms with Crippen LogP contribution in [-0.4, -0.2) is 14.7 Å². The summed E-state index contributed by atoms with van der Waals surface area (Å²) in [6.07, 6.45) is 6.05. The Morgan fingerprint density at radius 1 is 1.55 bits per heavy atom. The van der Waals surface area contributed by atoms with E-state index in [9.17, 15) is 8.42 Å². The average Bonchev–Trinajstić information content (AvgIpc) is 1.87. The number of nitrogens with zero attached hydrogens (tertiary/aromatic N) is 1. The topological polar surface area (TPSA) is 46.5 Å². The Bertz CT molecular complexity index is 290. The van der Waals surface area contributed by atoms with E-state index in [4.69, 9.17) is 0 Å². The first-order valence-corrected chi connectivity index (χ1v) is 6.09. The monoisotopic (exact) mass is 343 g/mol. The second-order valence-electron chi connectivity index (χ2n) is 1.89. The maximum absolute atomic E-state index is 10.9. The minimum atomic E-state index is -3.12. The van der Waals surface area contributed by atoms with Gasteiger partial charge in [-0.1, -0.05) is 0 Å². The van der Waals surface area contributed by atoms with Crippen LogP contribution in [-0.2, 0) is 29.5 Å². The third kappa shape index (κ3) is 4.38. The summed E-state index contributed by atoms with van der Waals surface area (Å²) in [6, 6.07) is 0. The molecule has 0 bridgehead atoms. The van der Waals surface area contributed by atoms with Crippen LogP contribution >= 0.6 is 0 Å². The molecular formula is C6H9NO2SW. The Hall–Kier alpha value is -0.0817. The van der Waals surface area contributed by atoms with Crippen molar-refractivity contribution in [2.75, 3.05) is 6.26 Å². The summed E-state index contributed by atoms with van der Waals surface area (Å²) in [4.78, 5) is 0. The van der Waals surface area contributed by atoms with E-state index in [-0.39, 0.29) is 5.03 Å². The Morgan fingerprint density at radius 2 is 2.09 bits per heavy atom. The van der Waals surface area contributed by atoms with Gasteiger partial charge >= 0.3 is 77.8 Å². The molecule has 0 aromatic rings. The van der Waals surface area contributed by atoms with Gasteiger partial charge in [0.05, 0.1) is 0 Å². The molecule has 0 heterocycles. The standard InChI is InChI=1S/C6H9NO2S.W/c1-3-4-5-6(7)10(2,8)9;/h3-5H,1-2H3;/b4-3?,6-5+;. The van der Waals surface area contributed by atoms with E-state index in [0.717, 1.165) is 25.9 Å². The molecular weight excluding hydrogens is 334 g/mol. The number of rotatable bonds is 3. The fourth-order valence-electron chi connectivity index (χ4n) is 0.400. The van der Waals surface area contributed by atoms with Crippen LogP contribution < -0.4 is 0 Å². The normalized spacial score (nSPS) is 13.8. The van der Waals surface area contributed by atoms with Crippen molar-refractivity contribution in [3.05, 3.63) is 23.3 Å². The van der Waals surface area contributed by atoms with Gasteiger partial charge in [-0.3, -0.25) is 0 Å². The van der Waals surface area contributed by atoms with Crippen molar-refractivity contribution < 1.29 is 28.0 Å². The second-order valence-corrected chi connectivity index (χ2v) is 4.51. The van der Waals surface area contributed by atoms with Crippen LogP contribution in [0.25, 0.3) is 0 Å². The average molecular weight is 343 g/mol. The van der Waals surface area contributed by atoms with Crippen LogP contribution in [0.3, 0.4) is 0 Å². The first-order valence-electron chi connectivity index (χ1n) is 2.88. The van der Waals surface area contributed by atoms with Crippen LogP contribution in [0.2, 0.25) is 0 Å². The molecule has 0 radical (unpaired) electrons. The molecule has 0 N–H and O–H groups in total. The van der Waals surface area contributed by atoms with Crippen molar-refractivity contribution in [3.63, 3.8) is 0 Å². The summed E-state index contributed by atoms with van der Waals surface area (Å²) < 4.78 is 25.5. The van der Waals surface area contributed by atoms with Crippen molar-refractivity contribution in [2.24, 2.45) is 3.50 Å². The molecule has 0 amide bonds. The molecule has 0 aliphatic carbocycles. The number of hydrogen-bond donors (Lipinski definition) is 0. The molecule has 5 heteroatoms. The van der Waals surface area contributed by atoms with Crippen LogP contribution in [0.5, 0.6) is 0 Å². The summed E-state index contributed by atoms with van der Waals surface area (Å²) in [5.41, 5.74) is 0. The molecule has 0 fully saturated rings. The Balaban J connectivity index is 4.84. The Labute approximate surface area is 77.9 Å². The predicted octanol–water partition coefficient (Wildman–Crippen LogP) is 1.18. The Morgan fingerprint density at radius 3 is 2.36 bits per heavy atom. The molecule has 0 atom stereocenters. The molecule has 0 aliphatic rings. The molecule has 0 aromatic heterocycles. The van der Waals surface area contributed by atoms with Gasteiger partial charge in [-0.2, -0.15) is 0 Å². The molecule has 11 heavy (non-hydrogen) atoms. The first-order chi connectivity index (χ1) is 5.02. The van der Waals surface area contributed by atoms with Crippen molar-refractivity contribution in [1.29, 1.82) is 0 Å². The number of hydrogen-bond acceptors (Lipinski definition) is 3. The summed E-state index contributed by atoms with van der Waals surface area (Å²) in [5.74, 6) is 0. The number of allylic oxidation sites excluding steroid dienone is 3. The molecule has 0 unspecified atom stereocenters. The molecule has 62 valence electrons. The molecule has 3 nitrogen and oxygen atoms in total. The van der Waals surface area contributed by atoms with Gasteiger partial charge in [0.15, 0.2) is 0 Å². The Kier molecular flexibility index (Phi) is 4.69. The fraction of sp³-hybridized carbons (Fsp3) is 0.333. The third-order valence-electron chi connectivity index (χ3n) is 0.901. The van der Waals surface area contributed by atoms with Gasteiger partial charge in [-0.15, -0.1) is 0 Å². The summed E-state index contributed by atoms with van der Waals surface area (Å²) in [5, 5.41) is 0.144. The van der Waals surface area contributed by atoms with E-state index in [1.165, 1.54) is 6.08 Å². The van der Waals surface area contributed by atoms with Crippen molar-refractivity contribution in [2.45, 2.75) is 6.92 Å². The fourth-order valence-corrected chi connectivity index (χ4v) is 2.54. The zero-order valence-electron chi connectivity index (χ0n) is 6.31. The van der Waals surface area contributed by atoms with E-state index in [0.29, 0.717) is 0 Å². The summed E-state index contributed by atoms with van der Waals surface area (Å²) >= 11 is 0.890. The van der Waals surface area contributed by atoms with Crippen LogP contribution in [0.15, 0.2) is 26.8 Å². The molecule has 0 rings (SSSR count). The third-order valence-corrected chi connectivity index (χ3v) is 3.05. The van der Waals surface area contributed by atoms with Gasteiger partial charge in [0.25, 0.3) is 0 Å². The minimum absolute atomic E-state index is 0.144. The van der Waals surface area contributed by atoms with Crippen LogP contribution in [0.1, 0.15) is 6.92 Å². The summed E-state index contributed by atoms with van der Waals surface area (Å²) in [7, 11) is -3.12. The number of sulfone groups is 1. The van der Waals surface area contributed by atoms with E-state index < -0.39 is 9.84 Å². The van der Waals surface area contributed by atoms with Crippen LogP contribution in [0, 0.1) is 0 Å². The van der Waals surface area contributed by atoms with Gasteiger partial charge in [-0.25, -0.2) is 0 Å². The molecule has 0 saturated carbocycles. The van der Waals surface area contributed by atoms with Gasteiger partial charge < -0.3 is 0 Å². The molecule has 0 saturated heterocycles. The van der Waals surface area contributed by atoms with E-state index in [1.807, 2.05) is 6.92 Å². The second kappa shape index (κ2) is 4.73. The molecule has 0 spiro atoms. The van der Waals surface area contributed by atoms with E-state index in [1.54, 1.807) is 12.2 Å². The van der Waals surface area contributed by atoms with Crippen molar-refractivity contribution >= 4 is 9.84 Å². The predicted molar refractivity (Wildman–Crippen MR) is 40.2 cm³/mol. The first kappa shape index (κ1) is 10.9. The van der Waals surface area contributed by atoms with Gasteiger partial charge in [0.2, 0.25) is 0 Å². The zero-order valence-corrected chi connectivity index (χ0v) is 10.1. The SMILES string of the molecule is CC=C/C=C(\[N]=[W])S(C)(=O)=O. The summed E-state index contributed by atoms with van der Waals surface area (Å²) in [6.45, 7) is 1.82. The molecule has 0 aromatic carbocycles. The maximum atomic E-state index is 10.9. The van der Waals surface area contributed by atoms with Crippen LogP contribution in [0.4, 0.5) is 0 Å². The zero-order chi connectivity index (χ0) is 8.91. The van der Waals surface area contributed by atoms with Crippen molar-refractivity contribution in [1.82, 2.24) is 0 Å². The van der Waals surface area contributed by atoms with Gasteiger partial charge in [0.1, 0.15) is 0 Å².